The Morgan fingerprint density at radius 2 is 2.21 bits per heavy atom. The number of aromatic nitrogens is 4. The maximum atomic E-state index is 5.17. The summed E-state index contributed by atoms with van der Waals surface area (Å²) < 4.78 is 1.79. The first-order valence-electron chi connectivity index (χ1n) is 4.11. The monoisotopic (exact) mass is 190 g/mol. The zero-order chi connectivity index (χ0) is 9.97. The second kappa shape index (κ2) is 3.43. The number of imidazole rings is 1. The molecule has 2 heterocycles. The Morgan fingerprint density at radius 1 is 1.36 bits per heavy atom. The Bertz CT molecular complexity index is 418. The zero-order valence-electron chi connectivity index (χ0n) is 7.68. The van der Waals surface area contributed by atoms with Gasteiger partial charge in [-0.05, 0) is 19.1 Å². The molecule has 0 saturated heterocycles. The van der Waals surface area contributed by atoms with Crippen molar-refractivity contribution in [1.29, 1.82) is 0 Å². The third kappa shape index (κ3) is 1.55. The molecule has 0 radical (unpaired) electrons. The van der Waals surface area contributed by atoms with Crippen molar-refractivity contribution in [2.75, 3.05) is 5.43 Å². The number of hydrogen-bond donors (Lipinski definition) is 2. The molecular weight excluding hydrogens is 180 g/mol. The number of rotatable bonds is 2. The van der Waals surface area contributed by atoms with Gasteiger partial charge in [-0.2, -0.15) is 0 Å². The molecule has 0 unspecified atom stereocenters. The summed E-state index contributed by atoms with van der Waals surface area (Å²) in [4.78, 5) is 4.09. The van der Waals surface area contributed by atoms with Gasteiger partial charge in [-0.3, -0.25) is 4.57 Å². The van der Waals surface area contributed by atoms with Crippen LogP contribution >= 0.6 is 0 Å². The molecule has 0 aliphatic heterocycles. The van der Waals surface area contributed by atoms with Gasteiger partial charge in [0.1, 0.15) is 6.33 Å². The Labute approximate surface area is 80.8 Å². The SMILES string of the molecule is Cc1cn(-c2ccc(NN)nn2)cn1. The molecule has 72 valence electrons. The predicted molar refractivity (Wildman–Crippen MR) is 51.7 cm³/mol. The van der Waals surface area contributed by atoms with Gasteiger partial charge in [-0.25, -0.2) is 10.8 Å². The third-order valence-corrected chi connectivity index (χ3v) is 1.77. The van der Waals surface area contributed by atoms with Crippen LogP contribution in [0.15, 0.2) is 24.7 Å². The van der Waals surface area contributed by atoms with Crippen LogP contribution in [0.25, 0.3) is 5.82 Å². The van der Waals surface area contributed by atoms with E-state index in [1.165, 1.54) is 0 Å². The lowest BCUT2D eigenvalue weighted by Gasteiger charge is -2.00. The zero-order valence-corrected chi connectivity index (χ0v) is 7.68. The van der Waals surface area contributed by atoms with Crippen LogP contribution in [0.3, 0.4) is 0 Å². The van der Waals surface area contributed by atoms with Crippen molar-refractivity contribution in [2.45, 2.75) is 6.92 Å². The topological polar surface area (TPSA) is 81.7 Å². The summed E-state index contributed by atoms with van der Waals surface area (Å²) in [5, 5.41) is 7.81. The molecule has 6 heteroatoms. The van der Waals surface area contributed by atoms with Crippen molar-refractivity contribution < 1.29 is 0 Å². The fourth-order valence-corrected chi connectivity index (χ4v) is 1.09. The van der Waals surface area contributed by atoms with Gasteiger partial charge in [0, 0.05) is 6.20 Å². The van der Waals surface area contributed by atoms with Crippen LogP contribution in [0.1, 0.15) is 5.69 Å². The van der Waals surface area contributed by atoms with E-state index in [0.717, 1.165) is 5.69 Å². The predicted octanol–water partition coefficient (Wildman–Crippen LogP) is 0.256. The molecule has 3 N–H and O–H groups in total. The first-order valence-corrected chi connectivity index (χ1v) is 4.11. The minimum absolute atomic E-state index is 0.533. The number of anilines is 1. The van der Waals surface area contributed by atoms with Gasteiger partial charge in [0.05, 0.1) is 5.69 Å². The minimum atomic E-state index is 0.533. The first kappa shape index (κ1) is 8.64. The van der Waals surface area contributed by atoms with Crippen LogP contribution in [-0.2, 0) is 0 Å². The third-order valence-electron chi connectivity index (χ3n) is 1.77. The summed E-state index contributed by atoms with van der Waals surface area (Å²) in [6, 6.07) is 3.56. The van der Waals surface area contributed by atoms with E-state index >= 15 is 0 Å². The van der Waals surface area contributed by atoms with Crippen molar-refractivity contribution in [3.8, 4) is 5.82 Å². The number of hydrogen-bond acceptors (Lipinski definition) is 5. The van der Waals surface area contributed by atoms with Crippen LogP contribution in [0.5, 0.6) is 0 Å². The average Bonchev–Trinajstić information content (AvgIpc) is 2.65. The molecule has 0 fully saturated rings. The number of nitrogens with two attached hydrogens (primary N) is 1. The fraction of sp³-hybridized carbons (Fsp3) is 0.125. The van der Waals surface area contributed by atoms with E-state index in [2.05, 4.69) is 20.6 Å². The van der Waals surface area contributed by atoms with Crippen molar-refractivity contribution >= 4 is 5.82 Å². The number of nitrogen functional groups attached to an aromatic ring is 1. The smallest absolute Gasteiger partial charge is 0.162 e. The molecule has 0 aliphatic carbocycles. The van der Waals surface area contributed by atoms with Gasteiger partial charge in [-0.1, -0.05) is 0 Å². The molecule has 0 spiro atoms. The van der Waals surface area contributed by atoms with Crippen molar-refractivity contribution in [1.82, 2.24) is 19.7 Å². The van der Waals surface area contributed by atoms with Crippen molar-refractivity contribution in [2.24, 2.45) is 5.84 Å². The molecule has 0 aliphatic rings. The van der Waals surface area contributed by atoms with E-state index in [0.29, 0.717) is 11.6 Å². The Balaban J connectivity index is 2.33. The van der Waals surface area contributed by atoms with Crippen molar-refractivity contribution in [3.05, 3.63) is 30.4 Å². The molecule has 2 aromatic heterocycles. The highest BCUT2D eigenvalue weighted by molar-refractivity contribution is 5.34. The second-order valence-electron chi connectivity index (χ2n) is 2.84. The van der Waals surface area contributed by atoms with E-state index < -0.39 is 0 Å². The maximum absolute atomic E-state index is 5.17. The molecule has 0 amide bonds. The molecule has 6 nitrogen and oxygen atoms in total. The highest BCUT2D eigenvalue weighted by Crippen LogP contribution is 2.06. The van der Waals surface area contributed by atoms with E-state index in [9.17, 15) is 0 Å². The minimum Gasteiger partial charge on any atom is -0.307 e. The largest absolute Gasteiger partial charge is 0.307 e. The van der Waals surface area contributed by atoms with Gasteiger partial charge < -0.3 is 5.43 Å². The highest BCUT2D eigenvalue weighted by atomic mass is 15.3. The lowest BCUT2D eigenvalue weighted by molar-refractivity contribution is 0.911. The standard InChI is InChI=1S/C8H10N6/c1-6-4-14(5-10-6)8-3-2-7(11-9)12-13-8/h2-5H,9H2,1H3,(H,11,12). The van der Waals surface area contributed by atoms with Crippen LogP contribution in [-0.4, -0.2) is 19.7 Å². The van der Waals surface area contributed by atoms with Crippen LogP contribution in [0, 0.1) is 6.92 Å². The van der Waals surface area contributed by atoms with Gasteiger partial charge in [0.15, 0.2) is 11.6 Å². The number of nitrogens with zero attached hydrogens (tertiary/aromatic N) is 4. The molecule has 2 aromatic rings. The highest BCUT2D eigenvalue weighted by Gasteiger charge is 1.99. The summed E-state index contributed by atoms with van der Waals surface area (Å²) in [6.07, 6.45) is 3.56. The maximum Gasteiger partial charge on any atom is 0.162 e. The molecular formula is C8H10N6. The number of hydrazine groups is 1. The van der Waals surface area contributed by atoms with E-state index in [-0.39, 0.29) is 0 Å². The summed E-state index contributed by atoms with van der Waals surface area (Å²) in [5.74, 6) is 6.42. The Morgan fingerprint density at radius 3 is 2.71 bits per heavy atom. The van der Waals surface area contributed by atoms with Crippen LogP contribution < -0.4 is 11.3 Å². The summed E-state index contributed by atoms with van der Waals surface area (Å²) in [7, 11) is 0. The normalized spacial score (nSPS) is 10.1. The van der Waals surface area contributed by atoms with Crippen LogP contribution in [0.2, 0.25) is 0 Å². The van der Waals surface area contributed by atoms with Gasteiger partial charge in [0.2, 0.25) is 0 Å². The Hall–Kier alpha value is -1.95. The number of nitrogens with one attached hydrogen (secondary N) is 1. The molecule has 0 aromatic carbocycles. The summed E-state index contributed by atoms with van der Waals surface area (Å²) >= 11 is 0. The number of aryl methyl sites for hydroxylation is 1. The van der Waals surface area contributed by atoms with Gasteiger partial charge in [0.25, 0.3) is 0 Å². The molecule has 0 bridgehead atoms. The van der Waals surface area contributed by atoms with Crippen LogP contribution in [0.4, 0.5) is 5.82 Å². The van der Waals surface area contributed by atoms with E-state index in [1.807, 2.05) is 19.2 Å². The lowest BCUT2D eigenvalue weighted by Crippen LogP contribution is -2.09. The average molecular weight is 190 g/mol. The molecule has 2 rings (SSSR count). The lowest BCUT2D eigenvalue weighted by atomic mass is 10.5. The fourth-order valence-electron chi connectivity index (χ4n) is 1.09. The molecule has 0 saturated carbocycles. The molecule has 0 atom stereocenters. The van der Waals surface area contributed by atoms with Gasteiger partial charge >= 0.3 is 0 Å². The summed E-state index contributed by atoms with van der Waals surface area (Å²) in [5.41, 5.74) is 3.35. The van der Waals surface area contributed by atoms with E-state index in [1.54, 1.807) is 17.0 Å². The molecule has 14 heavy (non-hydrogen) atoms. The first-order chi connectivity index (χ1) is 6.79. The van der Waals surface area contributed by atoms with E-state index in [4.69, 9.17) is 5.84 Å². The van der Waals surface area contributed by atoms with Gasteiger partial charge in [-0.15, -0.1) is 10.2 Å². The Kier molecular flexibility index (Phi) is 2.11. The quantitative estimate of drug-likeness (QED) is 0.524. The second-order valence-corrected chi connectivity index (χ2v) is 2.84. The summed E-state index contributed by atoms with van der Waals surface area (Å²) in [6.45, 7) is 1.92. The van der Waals surface area contributed by atoms with Crippen molar-refractivity contribution in [3.63, 3.8) is 0 Å².